The zero-order valence-corrected chi connectivity index (χ0v) is 18.3. The molecule has 4 rings (SSSR count). The van der Waals surface area contributed by atoms with Crippen molar-refractivity contribution in [1.82, 2.24) is 4.98 Å². The van der Waals surface area contributed by atoms with Crippen molar-refractivity contribution in [3.05, 3.63) is 69.0 Å². The Morgan fingerprint density at radius 1 is 1.10 bits per heavy atom. The van der Waals surface area contributed by atoms with E-state index in [1.165, 1.54) is 5.56 Å². The van der Waals surface area contributed by atoms with Gasteiger partial charge in [-0.1, -0.05) is 19.1 Å². The second-order valence-corrected chi connectivity index (χ2v) is 8.33. The number of hydrogen-bond acceptors (Lipinski definition) is 3. The second kappa shape index (κ2) is 8.02. The maximum Gasteiger partial charge on any atom is 0.251 e. The first kappa shape index (κ1) is 20.8. The monoisotopic (exact) mass is 417 g/mol. The van der Waals surface area contributed by atoms with Gasteiger partial charge in [-0.15, -0.1) is 0 Å². The molecule has 1 unspecified atom stereocenters. The standard InChI is InChI=1S/C25H27N3O3/c1-5-20-16(4)21-9-7-18(12-22(21)27-25(20)31)26-24(30)17-11-23(29)28(13-17)19-8-6-14(2)15(3)10-19/h6-10,12,17H,5,11,13H2,1-4H3,(H,26,30)(H,27,31). The number of benzene rings is 2. The van der Waals surface area contributed by atoms with Crippen molar-refractivity contribution in [1.29, 1.82) is 0 Å². The lowest BCUT2D eigenvalue weighted by Gasteiger charge is -2.18. The van der Waals surface area contributed by atoms with Gasteiger partial charge in [0.05, 0.1) is 11.4 Å². The number of carbonyl (C=O) groups is 2. The number of hydrogen-bond donors (Lipinski definition) is 2. The maximum absolute atomic E-state index is 12.9. The summed E-state index contributed by atoms with van der Waals surface area (Å²) < 4.78 is 0. The normalized spacial score (nSPS) is 16.2. The minimum absolute atomic E-state index is 0.0473. The Kier molecular flexibility index (Phi) is 5.39. The second-order valence-electron chi connectivity index (χ2n) is 8.33. The number of rotatable bonds is 4. The van der Waals surface area contributed by atoms with E-state index in [9.17, 15) is 14.4 Å². The molecule has 0 radical (unpaired) electrons. The summed E-state index contributed by atoms with van der Waals surface area (Å²) >= 11 is 0. The number of carbonyl (C=O) groups excluding carboxylic acids is 2. The van der Waals surface area contributed by atoms with Crippen LogP contribution in [-0.4, -0.2) is 23.3 Å². The summed E-state index contributed by atoms with van der Waals surface area (Å²) in [5.41, 5.74) is 6.05. The zero-order chi connectivity index (χ0) is 22.3. The summed E-state index contributed by atoms with van der Waals surface area (Å²) in [7, 11) is 0. The number of amides is 2. The van der Waals surface area contributed by atoms with Crippen LogP contribution < -0.4 is 15.8 Å². The fraction of sp³-hybridized carbons (Fsp3) is 0.320. The number of nitrogens with one attached hydrogen (secondary N) is 2. The molecular formula is C25H27N3O3. The van der Waals surface area contributed by atoms with Gasteiger partial charge in [-0.2, -0.15) is 0 Å². The number of aryl methyl sites for hydroxylation is 3. The molecule has 1 atom stereocenters. The predicted molar refractivity (Wildman–Crippen MR) is 124 cm³/mol. The van der Waals surface area contributed by atoms with Gasteiger partial charge in [-0.3, -0.25) is 14.4 Å². The van der Waals surface area contributed by atoms with Crippen LogP contribution in [0.15, 0.2) is 41.2 Å². The Balaban J connectivity index is 1.53. The van der Waals surface area contributed by atoms with Gasteiger partial charge < -0.3 is 15.2 Å². The molecule has 1 aliphatic heterocycles. The highest BCUT2D eigenvalue weighted by Gasteiger charge is 2.35. The molecule has 0 aliphatic carbocycles. The molecule has 0 saturated carbocycles. The van der Waals surface area contributed by atoms with Crippen LogP contribution in [0.1, 0.15) is 35.6 Å². The van der Waals surface area contributed by atoms with Crippen LogP contribution in [0.2, 0.25) is 0 Å². The third-order valence-corrected chi connectivity index (χ3v) is 6.32. The SMILES string of the molecule is CCc1c(C)c2ccc(NC(=O)C3CC(=O)N(c4ccc(C)c(C)c4)C3)cc2[nH]c1=O. The van der Waals surface area contributed by atoms with Crippen LogP contribution in [0.4, 0.5) is 11.4 Å². The average Bonchev–Trinajstić information content (AvgIpc) is 3.12. The van der Waals surface area contributed by atoms with Crippen LogP contribution in [0.25, 0.3) is 10.9 Å². The van der Waals surface area contributed by atoms with E-state index in [2.05, 4.69) is 10.3 Å². The zero-order valence-electron chi connectivity index (χ0n) is 18.3. The van der Waals surface area contributed by atoms with Crippen molar-refractivity contribution in [3.8, 4) is 0 Å². The van der Waals surface area contributed by atoms with Crippen molar-refractivity contribution < 1.29 is 9.59 Å². The Morgan fingerprint density at radius 2 is 1.87 bits per heavy atom. The van der Waals surface area contributed by atoms with Crippen molar-refractivity contribution >= 4 is 34.1 Å². The molecule has 1 aromatic heterocycles. The van der Waals surface area contributed by atoms with Gasteiger partial charge in [-0.25, -0.2) is 0 Å². The van der Waals surface area contributed by atoms with Gasteiger partial charge in [0.1, 0.15) is 0 Å². The van der Waals surface area contributed by atoms with E-state index >= 15 is 0 Å². The van der Waals surface area contributed by atoms with E-state index in [4.69, 9.17) is 0 Å². The van der Waals surface area contributed by atoms with Crippen molar-refractivity contribution in [2.24, 2.45) is 5.92 Å². The number of aromatic amines is 1. The molecule has 160 valence electrons. The smallest absolute Gasteiger partial charge is 0.251 e. The molecule has 0 spiro atoms. The van der Waals surface area contributed by atoms with Gasteiger partial charge in [0.2, 0.25) is 11.8 Å². The third-order valence-electron chi connectivity index (χ3n) is 6.32. The van der Waals surface area contributed by atoms with E-state index < -0.39 is 5.92 Å². The Labute approximate surface area is 181 Å². The number of aromatic nitrogens is 1. The minimum Gasteiger partial charge on any atom is -0.326 e. The number of nitrogens with zero attached hydrogens (tertiary/aromatic N) is 1. The highest BCUT2D eigenvalue weighted by Crippen LogP contribution is 2.28. The van der Waals surface area contributed by atoms with Crippen LogP contribution in [0.5, 0.6) is 0 Å². The quantitative estimate of drug-likeness (QED) is 0.673. The van der Waals surface area contributed by atoms with Gasteiger partial charge in [-0.05, 0) is 68.1 Å². The molecule has 31 heavy (non-hydrogen) atoms. The Bertz CT molecular complexity index is 1260. The minimum atomic E-state index is -0.423. The first-order valence-electron chi connectivity index (χ1n) is 10.6. The first-order chi connectivity index (χ1) is 14.8. The molecule has 2 heterocycles. The molecule has 1 fully saturated rings. The third kappa shape index (κ3) is 3.85. The predicted octanol–water partition coefficient (Wildman–Crippen LogP) is 4.01. The number of H-pyrrole nitrogens is 1. The van der Waals surface area contributed by atoms with E-state index in [-0.39, 0.29) is 23.8 Å². The van der Waals surface area contributed by atoms with Crippen molar-refractivity contribution in [2.45, 2.75) is 40.5 Å². The Morgan fingerprint density at radius 3 is 2.58 bits per heavy atom. The molecule has 6 heteroatoms. The van der Waals surface area contributed by atoms with Gasteiger partial charge in [0, 0.05) is 35.3 Å². The van der Waals surface area contributed by atoms with E-state index in [1.54, 1.807) is 11.0 Å². The molecule has 2 N–H and O–H groups in total. The summed E-state index contributed by atoms with van der Waals surface area (Å²) in [5.74, 6) is -0.662. The first-order valence-corrected chi connectivity index (χ1v) is 10.6. The number of pyridine rings is 1. The fourth-order valence-corrected chi connectivity index (χ4v) is 4.28. The lowest BCUT2D eigenvalue weighted by molar-refractivity contribution is -0.122. The van der Waals surface area contributed by atoms with Crippen molar-refractivity contribution in [2.75, 3.05) is 16.8 Å². The topological polar surface area (TPSA) is 82.3 Å². The summed E-state index contributed by atoms with van der Waals surface area (Å²) in [5, 5.41) is 3.88. The molecule has 1 saturated heterocycles. The number of fused-ring (bicyclic) bond motifs is 1. The van der Waals surface area contributed by atoms with Crippen LogP contribution in [0.3, 0.4) is 0 Å². The lowest BCUT2D eigenvalue weighted by Crippen LogP contribution is -2.28. The molecule has 6 nitrogen and oxygen atoms in total. The van der Waals surface area contributed by atoms with E-state index in [0.717, 1.165) is 27.8 Å². The number of anilines is 2. The van der Waals surface area contributed by atoms with Crippen LogP contribution in [-0.2, 0) is 16.0 Å². The molecule has 0 bridgehead atoms. The highest BCUT2D eigenvalue weighted by molar-refractivity contribution is 6.04. The molecular weight excluding hydrogens is 390 g/mol. The molecule has 1 aliphatic rings. The molecule has 3 aromatic rings. The largest absolute Gasteiger partial charge is 0.326 e. The molecule has 2 amide bonds. The van der Waals surface area contributed by atoms with Crippen LogP contribution in [0, 0.1) is 26.7 Å². The van der Waals surface area contributed by atoms with E-state index in [0.29, 0.717) is 24.2 Å². The summed E-state index contributed by atoms with van der Waals surface area (Å²) in [6.07, 6.45) is 0.852. The fourth-order valence-electron chi connectivity index (χ4n) is 4.28. The lowest BCUT2D eigenvalue weighted by atomic mass is 10.0. The summed E-state index contributed by atoms with van der Waals surface area (Å²) in [4.78, 5) is 42.3. The van der Waals surface area contributed by atoms with Gasteiger partial charge in [0.15, 0.2) is 0 Å². The van der Waals surface area contributed by atoms with Gasteiger partial charge >= 0.3 is 0 Å². The van der Waals surface area contributed by atoms with E-state index in [1.807, 2.05) is 58.0 Å². The highest BCUT2D eigenvalue weighted by atomic mass is 16.2. The summed E-state index contributed by atoms with van der Waals surface area (Å²) in [6.45, 7) is 8.31. The summed E-state index contributed by atoms with van der Waals surface area (Å²) in [6, 6.07) is 11.4. The molecule has 2 aromatic carbocycles. The van der Waals surface area contributed by atoms with Crippen LogP contribution >= 0.6 is 0 Å². The Hall–Kier alpha value is -3.41. The van der Waals surface area contributed by atoms with Crippen molar-refractivity contribution in [3.63, 3.8) is 0 Å². The van der Waals surface area contributed by atoms with Gasteiger partial charge in [0.25, 0.3) is 5.56 Å². The maximum atomic E-state index is 12.9. The average molecular weight is 418 g/mol.